The number of likely N-dealkylation sites (tertiary alicyclic amines) is 1. The molecule has 1 saturated heterocycles. The van der Waals surface area contributed by atoms with E-state index in [0.29, 0.717) is 0 Å². The summed E-state index contributed by atoms with van der Waals surface area (Å²) in [7, 11) is 0. The monoisotopic (exact) mass is 344 g/mol. The van der Waals surface area contributed by atoms with Gasteiger partial charge >= 0.3 is 6.03 Å². The first-order chi connectivity index (χ1) is 11.8. The van der Waals surface area contributed by atoms with Crippen LogP contribution in [0.1, 0.15) is 25.7 Å². The van der Waals surface area contributed by atoms with E-state index in [2.05, 4.69) is 10.4 Å². The minimum atomic E-state index is 0.0124. The highest BCUT2D eigenvalue weighted by atomic mass is 32.2. The predicted octanol–water partition coefficient (Wildman–Crippen LogP) is 4.08. The van der Waals surface area contributed by atoms with Crippen molar-refractivity contribution in [2.45, 2.75) is 43.2 Å². The Morgan fingerprint density at radius 3 is 3.08 bits per heavy atom. The number of nitrogens with one attached hydrogen (secondary N) is 1. The summed E-state index contributed by atoms with van der Waals surface area (Å²) < 4.78 is 1.94. The lowest BCUT2D eigenvalue weighted by atomic mass is 10.00. The van der Waals surface area contributed by atoms with E-state index in [-0.39, 0.29) is 12.1 Å². The molecule has 6 heteroatoms. The third kappa shape index (κ3) is 4.32. The van der Waals surface area contributed by atoms with Gasteiger partial charge in [0.1, 0.15) is 0 Å². The van der Waals surface area contributed by atoms with Gasteiger partial charge in [0.05, 0.1) is 0 Å². The van der Waals surface area contributed by atoms with E-state index in [4.69, 9.17) is 0 Å². The predicted molar refractivity (Wildman–Crippen MR) is 98.4 cm³/mol. The number of carbonyl (C=O) groups is 1. The molecule has 1 N–H and O–H groups in total. The van der Waals surface area contributed by atoms with Crippen LogP contribution >= 0.6 is 11.8 Å². The molecule has 0 radical (unpaired) electrons. The molecule has 3 rings (SSSR count). The molecule has 0 aliphatic carbocycles. The molecule has 0 saturated carbocycles. The molecule has 0 bridgehead atoms. The normalized spacial score (nSPS) is 17.7. The van der Waals surface area contributed by atoms with Crippen LogP contribution in [0, 0.1) is 0 Å². The van der Waals surface area contributed by atoms with E-state index >= 15 is 0 Å². The number of benzene rings is 1. The number of urea groups is 1. The summed E-state index contributed by atoms with van der Waals surface area (Å²) >= 11 is 1.68. The van der Waals surface area contributed by atoms with Crippen molar-refractivity contribution in [2.75, 3.05) is 18.1 Å². The van der Waals surface area contributed by atoms with Crippen LogP contribution < -0.4 is 5.32 Å². The van der Waals surface area contributed by atoms with Crippen LogP contribution in [-0.2, 0) is 6.54 Å². The zero-order valence-electron chi connectivity index (χ0n) is 14.0. The van der Waals surface area contributed by atoms with Gasteiger partial charge in [0.25, 0.3) is 0 Å². The van der Waals surface area contributed by atoms with Gasteiger partial charge in [-0.05, 0) is 56.2 Å². The quantitative estimate of drug-likeness (QED) is 0.832. The van der Waals surface area contributed by atoms with Gasteiger partial charge < -0.3 is 10.2 Å². The van der Waals surface area contributed by atoms with Crippen molar-refractivity contribution in [2.24, 2.45) is 0 Å². The van der Waals surface area contributed by atoms with Crippen LogP contribution in [0.15, 0.2) is 47.6 Å². The first kappa shape index (κ1) is 16.9. The zero-order chi connectivity index (χ0) is 16.8. The number of piperidine rings is 1. The molecule has 1 aliphatic heterocycles. The third-order valence-corrected chi connectivity index (χ3v) is 5.18. The Morgan fingerprint density at radius 2 is 2.29 bits per heavy atom. The molecule has 0 spiro atoms. The fourth-order valence-electron chi connectivity index (χ4n) is 3.18. The van der Waals surface area contributed by atoms with Crippen molar-refractivity contribution < 1.29 is 4.79 Å². The smallest absolute Gasteiger partial charge is 0.321 e. The number of aromatic nitrogens is 2. The summed E-state index contributed by atoms with van der Waals surface area (Å²) in [6.45, 7) is 1.68. The molecule has 1 aromatic carbocycles. The van der Waals surface area contributed by atoms with Crippen LogP contribution in [0.5, 0.6) is 0 Å². The molecular formula is C18H24N4OS. The summed E-state index contributed by atoms with van der Waals surface area (Å²) in [6, 6.07) is 10.2. The van der Waals surface area contributed by atoms with Crippen molar-refractivity contribution in [3.8, 4) is 0 Å². The number of rotatable bonds is 5. The van der Waals surface area contributed by atoms with E-state index in [1.165, 1.54) is 6.42 Å². The zero-order valence-corrected chi connectivity index (χ0v) is 14.8. The second kappa shape index (κ2) is 8.24. The largest absolute Gasteiger partial charge is 0.322 e. The molecule has 2 aromatic rings. The van der Waals surface area contributed by atoms with Crippen LogP contribution in [0.25, 0.3) is 0 Å². The number of hydrogen-bond acceptors (Lipinski definition) is 3. The van der Waals surface area contributed by atoms with E-state index < -0.39 is 0 Å². The third-order valence-electron chi connectivity index (χ3n) is 4.46. The average Bonchev–Trinajstić information content (AvgIpc) is 3.14. The molecule has 2 heterocycles. The van der Waals surface area contributed by atoms with Crippen LogP contribution in [0.4, 0.5) is 10.5 Å². The SMILES string of the molecule is CSc1cccc(NC(=O)N2CCCC[C@H]2CCn2cccn2)c1. The van der Waals surface area contributed by atoms with Gasteiger partial charge in [0, 0.05) is 42.1 Å². The topological polar surface area (TPSA) is 50.2 Å². The number of aryl methyl sites for hydroxylation is 1. The molecule has 1 fully saturated rings. The van der Waals surface area contributed by atoms with Gasteiger partial charge in [0.15, 0.2) is 0 Å². The van der Waals surface area contributed by atoms with Crippen molar-refractivity contribution >= 4 is 23.5 Å². The van der Waals surface area contributed by atoms with Crippen molar-refractivity contribution in [1.82, 2.24) is 14.7 Å². The molecule has 5 nitrogen and oxygen atoms in total. The van der Waals surface area contributed by atoms with Crippen molar-refractivity contribution in [1.29, 1.82) is 0 Å². The van der Waals surface area contributed by atoms with Gasteiger partial charge in [0.2, 0.25) is 0 Å². The number of thioether (sulfide) groups is 1. The molecule has 1 aromatic heterocycles. The average molecular weight is 344 g/mol. The lowest BCUT2D eigenvalue weighted by molar-refractivity contribution is 0.154. The standard InChI is InChI=1S/C18H24N4OS/c1-24-17-8-4-6-15(14-17)20-18(23)22-12-3-2-7-16(22)9-13-21-11-5-10-19-21/h4-6,8,10-11,14,16H,2-3,7,9,12-13H2,1H3,(H,20,23)/t16-/m0/s1. The first-order valence-electron chi connectivity index (χ1n) is 8.45. The maximum Gasteiger partial charge on any atom is 0.322 e. The molecule has 2 amide bonds. The maximum atomic E-state index is 12.7. The van der Waals surface area contributed by atoms with Gasteiger partial charge in [-0.25, -0.2) is 4.79 Å². The number of anilines is 1. The highest BCUT2D eigenvalue weighted by Crippen LogP contribution is 2.23. The summed E-state index contributed by atoms with van der Waals surface area (Å²) in [4.78, 5) is 15.9. The fraction of sp³-hybridized carbons (Fsp3) is 0.444. The number of amides is 2. The second-order valence-electron chi connectivity index (χ2n) is 6.06. The first-order valence-corrected chi connectivity index (χ1v) is 9.68. The maximum absolute atomic E-state index is 12.7. The number of hydrogen-bond donors (Lipinski definition) is 1. The minimum absolute atomic E-state index is 0.0124. The summed E-state index contributed by atoms with van der Waals surface area (Å²) in [5.74, 6) is 0. The lowest BCUT2D eigenvalue weighted by Gasteiger charge is -2.35. The minimum Gasteiger partial charge on any atom is -0.321 e. The molecule has 0 unspecified atom stereocenters. The van der Waals surface area contributed by atoms with Gasteiger partial charge in [-0.1, -0.05) is 6.07 Å². The molecular weight excluding hydrogens is 320 g/mol. The Balaban J connectivity index is 1.62. The Labute approximate surface area is 147 Å². The van der Waals surface area contributed by atoms with E-state index in [1.54, 1.807) is 18.0 Å². The molecule has 24 heavy (non-hydrogen) atoms. The van der Waals surface area contributed by atoms with E-state index in [1.807, 2.05) is 52.4 Å². The Bertz CT molecular complexity index is 659. The summed E-state index contributed by atoms with van der Waals surface area (Å²) in [5, 5.41) is 7.31. The second-order valence-corrected chi connectivity index (χ2v) is 6.94. The van der Waals surface area contributed by atoms with Crippen molar-refractivity contribution in [3.05, 3.63) is 42.7 Å². The highest BCUT2D eigenvalue weighted by Gasteiger charge is 2.26. The Morgan fingerprint density at radius 1 is 1.38 bits per heavy atom. The molecule has 128 valence electrons. The Hall–Kier alpha value is -1.95. The van der Waals surface area contributed by atoms with Crippen LogP contribution in [-0.4, -0.2) is 39.6 Å². The summed E-state index contributed by atoms with van der Waals surface area (Å²) in [5.41, 5.74) is 0.864. The van der Waals surface area contributed by atoms with Crippen molar-refractivity contribution in [3.63, 3.8) is 0 Å². The molecule has 1 aliphatic rings. The van der Waals surface area contributed by atoms with Gasteiger partial charge in [-0.3, -0.25) is 4.68 Å². The van der Waals surface area contributed by atoms with Gasteiger partial charge in [-0.15, -0.1) is 11.8 Å². The van der Waals surface area contributed by atoms with E-state index in [0.717, 1.165) is 42.9 Å². The number of nitrogens with zero attached hydrogens (tertiary/aromatic N) is 3. The van der Waals surface area contributed by atoms with Crippen LogP contribution in [0.3, 0.4) is 0 Å². The highest BCUT2D eigenvalue weighted by molar-refractivity contribution is 7.98. The lowest BCUT2D eigenvalue weighted by Crippen LogP contribution is -2.46. The van der Waals surface area contributed by atoms with E-state index in [9.17, 15) is 4.79 Å². The Kier molecular flexibility index (Phi) is 5.80. The summed E-state index contributed by atoms with van der Waals surface area (Å²) in [6.07, 6.45) is 10.1. The van der Waals surface area contributed by atoms with Gasteiger partial charge in [-0.2, -0.15) is 5.10 Å². The fourth-order valence-corrected chi connectivity index (χ4v) is 3.64. The number of carbonyl (C=O) groups excluding carboxylic acids is 1. The molecule has 1 atom stereocenters. The van der Waals surface area contributed by atoms with Crippen LogP contribution in [0.2, 0.25) is 0 Å².